The number of hydrogen-bond acceptors (Lipinski definition) is 10. The van der Waals surface area contributed by atoms with Gasteiger partial charge in [-0.1, -0.05) is 26.1 Å². The number of aliphatic hydroxyl groups excluding tert-OH is 1. The zero-order chi connectivity index (χ0) is 41.9. The Hall–Kier alpha value is -3.00. The van der Waals surface area contributed by atoms with Crippen molar-refractivity contribution in [1.82, 2.24) is 20.1 Å². The van der Waals surface area contributed by atoms with Gasteiger partial charge in [-0.05, 0) is 178 Å². The van der Waals surface area contributed by atoms with Crippen molar-refractivity contribution in [3.05, 3.63) is 52.8 Å². The van der Waals surface area contributed by atoms with Gasteiger partial charge in [0.1, 0.15) is 22.2 Å². The molecule has 318 valence electrons. The minimum atomic E-state index is -0.116. The first-order chi connectivity index (χ1) is 27.7. The molecule has 1 aromatic heterocycles. The lowest BCUT2D eigenvalue weighted by atomic mass is 9.55. The summed E-state index contributed by atoms with van der Waals surface area (Å²) in [5.41, 5.74) is 10.6. The van der Waals surface area contributed by atoms with Gasteiger partial charge in [0.15, 0.2) is 11.5 Å². The minimum absolute atomic E-state index is 0.0437. The number of thioether (sulfide) groups is 1. The molecule has 9 atom stereocenters. The fourth-order valence-electron chi connectivity index (χ4n) is 12.0. The molecule has 6 aliphatic rings. The van der Waals surface area contributed by atoms with E-state index in [4.69, 9.17) is 22.7 Å². The lowest BCUT2D eigenvalue weighted by molar-refractivity contribution is -0.129. The van der Waals surface area contributed by atoms with Crippen molar-refractivity contribution in [2.75, 3.05) is 32.2 Å². The maximum atomic E-state index is 12.4. The molecular formula is C45H65N5O5S3. The molecule has 0 amide bonds. The second kappa shape index (κ2) is 18.7. The van der Waals surface area contributed by atoms with Crippen LogP contribution in [-0.2, 0) is 17.6 Å². The Balaban J connectivity index is 0.000000148. The van der Waals surface area contributed by atoms with Crippen LogP contribution in [0.2, 0.25) is 0 Å². The number of aromatic nitrogens is 3. The van der Waals surface area contributed by atoms with Crippen LogP contribution in [0.3, 0.4) is 0 Å². The quantitative estimate of drug-likeness (QED) is 0.0846. The van der Waals surface area contributed by atoms with E-state index in [1.54, 1.807) is 18.9 Å². The number of ketones is 1. The predicted molar refractivity (Wildman–Crippen MR) is 240 cm³/mol. The van der Waals surface area contributed by atoms with Crippen LogP contribution in [-0.4, -0.2) is 78.1 Å². The molecule has 1 heterocycles. The van der Waals surface area contributed by atoms with E-state index in [9.17, 15) is 20.1 Å². The number of thiol groups is 1. The van der Waals surface area contributed by atoms with Crippen molar-refractivity contribution < 1.29 is 24.9 Å². The first kappa shape index (κ1) is 44.5. The number of phenols is 2. The second-order valence-electron chi connectivity index (χ2n) is 17.7. The molecule has 0 bridgehead atoms. The molecule has 3 aromatic rings. The normalized spacial score (nSPS) is 31.1. The number of benzene rings is 2. The topological polar surface area (TPSA) is 158 Å². The van der Waals surface area contributed by atoms with Gasteiger partial charge in [0.05, 0.1) is 13.2 Å². The summed E-state index contributed by atoms with van der Waals surface area (Å²) in [6, 6.07) is 8.19. The fourth-order valence-corrected chi connectivity index (χ4v) is 13.0. The van der Waals surface area contributed by atoms with Crippen LogP contribution >= 0.6 is 36.6 Å². The first-order valence-electron chi connectivity index (χ1n) is 21.3. The maximum absolute atomic E-state index is 12.4. The molecule has 0 radical (unpaired) electrons. The molecule has 0 unspecified atom stereocenters. The molecule has 6 N–H and O–H groups in total. The summed E-state index contributed by atoms with van der Waals surface area (Å²) in [6.07, 6.45) is 16.2. The Kier molecular flexibility index (Phi) is 14.4. The average molecular weight is 852 g/mol. The number of H-pyrrole nitrogens is 1. The summed E-state index contributed by atoms with van der Waals surface area (Å²) in [6.45, 7) is 10.6. The Bertz CT molecular complexity index is 1910. The molecule has 0 spiro atoms. The number of aromatic hydroxyl groups is 2. The Labute approximate surface area is 360 Å². The lowest BCUT2D eigenvalue weighted by Gasteiger charge is -2.50. The van der Waals surface area contributed by atoms with Crippen LogP contribution < -0.4 is 10.5 Å². The molecule has 2 aromatic carbocycles. The standard InChI is InChI=1S/C19H26O3.C19H24O2S.C5H11NS2.C2H4N4/c2*1-19-8-7-12-13(15(19)5-6-18(19)21)4-3-11-9-16(20)17(22-2)10-14(11)12;1-3-6(4-2)5(7)8;3-2-4-1-5-6-2/h9-10,12-13,15,18,20-21H,3-8H2,1-2H3;9-10,12-13,15,20H,3-8H2,1-2H3;3-4H2,1-2H3,(H,7,8);1H,(H3,3,4,5,6)/t12-,13+,15-,18-,19-;12-,13+,15-,19-;;/m00../s1. The summed E-state index contributed by atoms with van der Waals surface area (Å²) >= 11 is 10.4. The Morgan fingerprint density at radius 2 is 1.55 bits per heavy atom. The fraction of sp³-hybridized carbons (Fsp3) is 0.644. The van der Waals surface area contributed by atoms with Crippen LogP contribution in [0.5, 0.6) is 17.2 Å². The summed E-state index contributed by atoms with van der Waals surface area (Å²) < 4.78 is 6.01. The molecule has 9 rings (SSSR count). The number of nitrogens with zero attached hydrogens (tertiary/aromatic N) is 3. The van der Waals surface area contributed by atoms with Crippen molar-refractivity contribution in [2.45, 2.75) is 128 Å². The van der Waals surface area contributed by atoms with Crippen molar-refractivity contribution >= 4 is 52.7 Å². The van der Waals surface area contributed by atoms with Gasteiger partial charge in [0.25, 0.3) is 0 Å². The molecule has 4 fully saturated rings. The van der Waals surface area contributed by atoms with Gasteiger partial charge < -0.3 is 30.7 Å². The van der Waals surface area contributed by atoms with E-state index in [-0.39, 0.29) is 22.7 Å². The molecule has 13 heteroatoms. The zero-order valence-corrected chi connectivity index (χ0v) is 37.7. The number of nitrogens with one attached hydrogen (secondary N) is 1. The van der Waals surface area contributed by atoms with Gasteiger partial charge in [0.2, 0.25) is 5.95 Å². The van der Waals surface area contributed by atoms with E-state index in [2.05, 4.69) is 67.6 Å². The maximum Gasteiger partial charge on any atom is 0.215 e. The number of thiocarbonyl (C=S) groups is 1. The molecule has 4 saturated carbocycles. The van der Waals surface area contributed by atoms with Gasteiger partial charge in [-0.2, -0.15) is 5.10 Å². The van der Waals surface area contributed by atoms with E-state index in [1.807, 2.05) is 23.3 Å². The highest BCUT2D eigenvalue weighted by molar-refractivity contribution is 8.10. The number of methoxy groups -OCH3 is 1. The van der Waals surface area contributed by atoms with E-state index in [0.29, 0.717) is 63.1 Å². The molecule has 0 aliphatic heterocycles. The third-order valence-electron chi connectivity index (χ3n) is 15.2. The third kappa shape index (κ3) is 8.75. The Morgan fingerprint density at radius 3 is 2.09 bits per heavy atom. The number of anilines is 1. The molecular weight excluding hydrogens is 787 g/mol. The first-order valence-corrected chi connectivity index (χ1v) is 23.4. The number of rotatable bonds is 4. The highest BCUT2D eigenvalue weighted by Crippen LogP contribution is 2.62. The summed E-state index contributed by atoms with van der Waals surface area (Å²) in [7, 11) is 1.62. The van der Waals surface area contributed by atoms with Gasteiger partial charge in [-0.15, -0.1) is 24.4 Å². The van der Waals surface area contributed by atoms with Crippen LogP contribution in [0, 0.1) is 34.5 Å². The number of aliphatic hydroxyl groups is 1. The van der Waals surface area contributed by atoms with E-state index >= 15 is 0 Å². The van der Waals surface area contributed by atoms with Crippen LogP contribution in [0.1, 0.15) is 126 Å². The molecule has 0 saturated heterocycles. The van der Waals surface area contributed by atoms with Crippen molar-refractivity contribution in [3.8, 4) is 17.2 Å². The number of fused-ring (bicyclic) bond motifs is 10. The number of aryl methyl sites for hydroxylation is 2. The molecule has 10 nitrogen and oxygen atoms in total. The van der Waals surface area contributed by atoms with Crippen molar-refractivity contribution in [3.63, 3.8) is 0 Å². The Morgan fingerprint density at radius 1 is 0.931 bits per heavy atom. The van der Waals surface area contributed by atoms with E-state index < -0.39 is 0 Å². The minimum Gasteiger partial charge on any atom is -0.507 e. The highest BCUT2D eigenvalue weighted by Gasteiger charge is 2.55. The number of carbonyl (C=O) groups is 1. The van der Waals surface area contributed by atoms with Crippen LogP contribution in [0.15, 0.2) is 35.5 Å². The van der Waals surface area contributed by atoms with Crippen molar-refractivity contribution in [1.29, 1.82) is 0 Å². The number of nitrogen functional groups attached to an aromatic ring is 1. The smallest absolute Gasteiger partial charge is 0.215 e. The largest absolute Gasteiger partial charge is 0.507 e. The SMILES string of the molecule is CCN(CC)C(=S)S.COc1cc2c(cc1O)CC[C@@H]1[C@@H]2CC[C@]2(C)[C@@H](O)CC[C@@H]12.CSc1cc2c(cc1O)CC[C@@H]1[C@@H]2CC[C@]2(C)C(=O)CC[C@@H]12.Nc1ncn[nH]1. The van der Waals surface area contributed by atoms with Crippen LogP contribution in [0.4, 0.5) is 5.95 Å². The molecule has 6 aliphatic carbocycles. The van der Waals surface area contributed by atoms with Crippen molar-refractivity contribution in [2.24, 2.45) is 34.5 Å². The summed E-state index contributed by atoms with van der Waals surface area (Å²) in [4.78, 5) is 18.9. The number of ether oxygens (including phenoxy) is 1. The van der Waals surface area contributed by atoms with Gasteiger partial charge in [-0.3, -0.25) is 4.79 Å². The molecule has 58 heavy (non-hydrogen) atoms. The number of carbonyl (C=O) groups excluding carboxylic acids is 1. The summed E-state index contributed by atoms with van der Waals surface area (Å²) in [5.74, 6) is 5.90. The zero-order valence-electron chi connectivity index (χ0n) is 35.2. The van der Waals surface area contributed by atoms with Gasteiger partial charge in [0, 0.05) is 29.8 Å². The number of hydrogen-bond donors (Lipinski definition) is 6. The number of Topliss-reactive ketones (excluding diaryl/α,β-unsaturated/α-hetero) is 1. The predicted octanol–water partition coefficient (Wildman–Crippen LogP) is 9.09. The lowest BCUT2D eigenvalue weighted by Crippen LogP contribution is -2.43. The second-order valence-corrected chi connectivity index (χ2v) is 19.6. The number of aromatic amines is 1. The number of nitrogens with two attached hydrogens (primary N) is 1. The number of phenolic OH excluding ortho intramolecular Hbond substituents is 2. The van der Waals surface area contributed by atoms with E-state index in [1.165, 1.54) is 47.8 Å². The third-order valence-corrected chi connectivity index (χ3v) is 16.5. The van der Waals surface area contributed by atoms with Crippen LogP contribution in [0.25, 0.3) is 0 Å². The average Bonchev–Trinajstić information content (AvgIpc) is 3.91. The highest BCUT2D eigenvalue weighted by atomic mass is 32.2. The summed E-state index contributed by atoms with van der Waals surface area (Å²) in [5, 5.41) is 36.5. The monoisotopic (exact) mass is 851 g/mol. The van der Waals surface area contributed by atoms with E-state index in [0.717, 1.165) is 75.8 Å². The van der Waals surface area contributed by atoms with Gasteiger partial charge in [-0.25, -0.2) is 10.1 Å². The van der Waals surface area contributed by atoms with Gasteiger partial charge >= 0.3 is 0 Å².